The maximum absolute atomic E-state index is 9.09. The van der Waals surface area contributed by atoms with E-state index in [-0.39, 0.29) is 6.61 Å². The van der Waals surface area contributed by atoms with Crippen LogP contribution in [0.15, 0.2) is 36.9 Å². The summed E-state index contributed by atoms with van der Waals surface area (Å²) in [4.78, 5) is 17.0. The maximum Gasteiger partial charge on any atom is 0.128 e. The Labute approximate surface area is 162 Å². The molecule has 144 valence electrons. The summed E-state index contributed by atoms with van der Waals surface area (Å²) in [5.41, 5.74) is 5.73. The number of aliphatic hydroxyl groups is 1. The average Bonchev–Trinajstić information content (AvgIpc) is 3.38. The fraction of sp³-hybridized carbons (Fsp3) is 0.381. The van der Waals surface area contributed by atoms with E-state index in [1.54, 1.807) is 6.33 Å². The van der Waals surface area contributed by atoms with Gasteiger partial charge in [0.2, 0.25) is 0 Å². The zero-order valence-corrected chi connectivity index (χ0v) is 15.7. The van der Waals surface area contributed by atoms with Crippen molar-refractivity contribution in [3.05, 3.63) is 36.9 Å². The number of H-pyrrole nitrogens is 1. The summed E-state index contributed by atoms with van der Waals surface area (Å²) in [6.07, 6.45) is 10.1. The number of nitrogens with one attached hydrogen (secondary N) is 2. The number of fused-ring (bicyclic) bond motifs is 2. The Morgan fingerprint density at radius 1 is 1.14 bits per heavy atom. The minimum Gasteiger partial charge on any atom is -0.395 e. The van der Waals surface area contributed by atoms with Gasteiger partial charge in [-0.25, -0.2) is 15.0 Å². The third-order valence-corrected chi connectivity index (χ3v) is 5.64. The van der Waals surface area contributed by atoms with Gasteiger partial charge >= 0.3 is 0 Å². The highest BCUT2D eigenvalue weighted by molar-refractivity contribution is 5.93. The molecule has 3 aromatic heterocycles. The first-order valence-corrected chi connectivity index (χ1v) is 9.99. The second kappa shape index (κ2) is 7.24. The van der Waals surface area contributed by atoms with Gasteiger partial charge < -0.3 is 20.0 Å². The molecule has 0 bridgehead atoms. The molecular weight excluding hydrogens is 352 g/mol. The molecule has 0 radical (unpaired) electrons. The van der Waals surface area contributed by atoms with Crippen LogP contribution in [0.1, 0.15) is 38.1 Å². The first kappa shape index (κ1) is 17.2. The predicted octanol–water partition coefficient (Wildman–Crippen LogP) is 3.88. The van der Waals surface area contributed by atoms with E-state index < -0.39 is 0 Å². The number of rotatable bonds is 5. The van der Waals surface area contributed by atoms with E-state index >= 15 is 0 Å². The van der Waals surface area contributed by atoms with Crippen LogP contribution < -0.4 is 5.32 Å². The van der Waals surface area contributed by atoms with Crippen LogP contribution in [-0.4, -0.2) is 42.8 Å². The van der Waals surface area contributed by atoms with E-state index in [4.69, 9.17) is 10.1 Å². The highest BCUT2D eigenvalue weighted by atomic mass is 16.3. The fourth-order valence-corrected chi connectivity index (χ4v) is 4.25. The van der Waals surface area contributed by atoms with Crippen LogP contribution in [0.3, 0.4) is 0 Å². The topological polar surface area (TPSA) is 91.6 Å². The van der Waals surface area contributed by atoms with E-state index in [2.05, 4.69) is 43.0 Å². The molecule has 0 amide bonds. The molecule has 0 aliphatic heterocycles. The number of aromatic amines is 1. The lowest BCUT2D eigenvalue weighted by Crippen LogP contribution is -2.11. The number of aliphatic hydroxyl groups excluding tert-OH is 1. The van der Waals surface area contributed by atoms with Gasteiger partial charge in [0.1, 0.15) is 17.0 Å². The van der Waals surface area contributed by atoms with E-state index in [9.17, 15) is 0 Å². The summed E-state index contributed by atoms with van der Waals surface area (Å²) in [5.74, 6) is 0.716. The largest absolute Gasteiger partial charge is 0.395 e. The van der Waals surface area contributed by atoms with Crippen molar-refractivity contribution in [2.45, 2.75) is 38.1 Å². The van der Waals surface area contributed by atoms with Gasteiger partial charge in [-0.1, -0.05) is 25.3 Å². The van der Waals surface area contributed by atoms with Crippen molar-refractivity contribution < 1.29 is 5.11 Å². The molecule has 0 atom stereocenters. The van der Waals surface area contributed by atoms with Crippen molar-refractivity contribution in [3.63, 3.8) is 0 Å². The second-order valence-electron chi connectivity index (χ2n) is 7.45. The smallest absolute Gasteiger partial charge is 0.128 e. The molecule has 3 heterocycles. The number of aromatic nitrogens is 5. The van der Waals surface area contributed by atoms with E-state index in [0.717, 1.165) is 27.8 Å². The fourth-order valence-electron chi connectivity index (χ4n) is 4.25. The molecule has 1 aliphatic carbocycles. The molecule has 7 heteroatoms. The standard InChI is InChI=1S/C21H24N6O/c28-9-8-22-19-11-17-21(24-12-23-17)20(26-19)14-6-7-18-16(10-14)25-13-27(18)15-4-2-1-3-5-15/h6-7,10-13,15,28H,1-5,8-9H2,(H,22,26)(H,23,24). The zero-order chi connectivity index (χ0) is 18.9. The van der Waals surface area contributed by atoms with Gasteiger partial charge in [-0.2, -0.15) is 0 Å². The lowest BCUT2D eigenvalue weighted by molar-refractivity contribution is 0.311. The highest BCUT2D eigenvalue weighted by Gasteiger charge is 2.18. The van der Waals surface area contributed by atoms with Crippen LogP contribution in [0.4, 0.5) is 5.82 Å². The quantitative estimate of drug-likeness (QED) is 0.492. The Hall–Kier alpha value is -2.93. The summed E-state index contributed by atoms with van der Waals surface area (Å²) in [6.45, 7) is 0.513. The van der Waals surface area contributed by atoms with Crippen molar-refractivity contribution in [1.82, 2.24) is 24.5 Å². The second-order valence-corrected chi connectivity index (χ2v) is 7.45. The van der Waals surface area contributed by atoms with Gasteiger partial charge in [-0.3, -0.25) is 0 Å². The number of benzene rings is 1. The Morgan fingerprint density at radius 3 is 2.89 bits per heavy atom. The van der Waals surface area contributed by atoms with Crippen molar-refractivity contribution in [3.8, 4) is 11.3 Å². The van der Waals surface area contributed by atoms with Crippen molar-refractivity contribution in [1.29, 1.82) is 0 Å². The van der Waals surface area contributed by atoms with Crippen LogP contribution in [-0.2, 0) is 0 Å². The number of anilines is 1. The molecular formula is C21H24N6O. The number of hydrogen-bond acceptors (Lipinski definition) is 5. The Bertz CT molecular complexity index is 1110. The number of pyridine rings is 1. The maximum atomic E-state index is 9.09. The Morgan fingerprint density at radius 2 is 2.04 bits per heavy atom. The molecule has 0 spiro atoms. The van der Waals surface area contributed by atoms with Gasteiger partial charge in [-0.15, -0.1) is 0 Å². The van der Waals surface area contributed by atoms with Gasteiger partial charge in [-0.05, 0) is 25.0 Å². The van der Waals surface area contributed by atoms with Gasteiger partial charge in [0.15, 0.2) is 0 Å². The molecule has 3 N–H and O–H groups in total. The molecule has 0 unspecified atom stereocenters. The molecule has 7 nitrogen and oxygen atoms in total. The van der Waals surface area contributed by atoms with E-state index in [0.29, 0.717) is 18.4 Å². The first-order valence-electron chi connectivity index (χ1n) is 9.99. The minimum absolute atomic E-state index is 0.0581. The summed E-state index contributed by atoms with van der Waals surface area (Å²) >= 11 is 0. The SMILES string of the molecule is OCCNc1cc2[nH]cnc2c(-c2ccc3c(c2)ncn3C2CCCCC2)n1. The normalized spacial score (nSPS) is 15.5. The van der Waals surface area contributed by atoms with Crippen molar-refractivity contribution in [2.24, 2.45) is 0 Å². The minimum atomic E-state index is 0.0581. The monoisotopic (exact) mass is 376 g/mol. The lowest BCUT2D eigenvalue weighted by Gasteiger charge is -2.23. The first-order chi connectivity index (χ1) is 13.8. The van der Waals surface area contributed by atoms with Crippen molar-refractivity contribution in [2.75, 3.05) is 18.5 Å². The zero-order valence-electron chi connectivity index (χ0n) is 15.7. The summed E-state index contributed by atoms with van der Waals surface area (Å²) in [5, 5.41) is 12.2. The lowest BCUT2D eigenvalue weighted by atomic mass is 9.95. The average molecular weight is 376 g/mol. The Kier molecular flexibility index (Phi) is 4.44. The Balaban J connectivity index is 1.56. The van der Waals surface area contributed by atoms with E-state index in [1.165, 1.54) is 37.6 Å². The third-order valence-electron chi connectivity index (χ3n) is 5.64. The molecule has 28 heavy (non-hydrogen) atoms. The van der Waals surface area contributed by atoms with Gasteiger partial charge in [0.25, 0.3) is 0 Å². The molecule has 4 aromatic rings. The highest BCUT2D eigenvalue weighted by Crippen LogP contribution is 2.33. The molecule has 1 aliphatic rings. The van der Waals surface area contributed by atoms with Crippen molar-refractivity contribution >= 4 is 27.9 Å². The molecule has 5 rings (SSSR count). The summed E-state index contributed by atoms with van der Waals surface area (Å²) in [7, 11) is 0. The molecule has 1 aromatic carbocycles. The molecule has 1 saturated carbocycles. The van der Waals surface area contributed by atoms with Crippen LogP contribution in [0, 0.1) is 0 Å². The van der Waals surface area contributed by atoms with Crippen LogP contribution in [0.2, 0.25) is 0 Å². The van der Waals surface area contributed by atoms with Gasteiger partial charge in [0, 0.05) is 24.2 Å². The van der Waals surface area contributed by atoms with Crippen LogP contribution in [0.5, 0.6) is 0 Å². The van der Waals surface area contributed by atoms with E-state index in [1.807, 2.05) is 12.4 Å². The number of imidazole rings is 2. The molecule has 1 fully saturated rings. The number of nitrogens with zero attached hydrogens (tertiary/aromatic N) is 4. The molecule has 0 saturated heterocycles. The van der Waals surface area contributed by atoms with Crippen LogP contribution >= 0.6 is 0 Å². The van der Waals surface area contributed by atoms with Crippen LogP contribution in [0.25, 0.3) is 33.3 Å². The predicted molar refractivity (Wildman–Crippen MR) is 110 cm³/mol. The third kappa shape index (κ3) is 3.01. The van der Waals surface area contributed by atoms with Gasteiger partial charge in [0.05, 0.1) is 35.8 Å². The summed E-state index contributed by atoms with van der Waals surface area (Å²) in [6, 6.07) is 8.83. The summed E-state index contributed by atoms with van der Waals surface area (Å²) < 4.78 is 2.34. The number of hydrogen-bond donors (Lipinski definition) is 3.